The van der Waals surface area contributed by atoms with Gasteiger partial charge < -0.3 is 9.63 Å². The topological polar surface area (TPSA) is 76.2 Å². The largest absolute Gasteiger partial charge is 0.476 e. The lowest BCUT2D eigenvalue weighted by molar-refractivity contribution is 0.0688. The number of aryl methyl sites for hydroxylation is 1. The summed E-state index contributed by atoms with van der Waals surface area (Å²) in [5, 5.41) is 12.5. The van der Waals surface area contributed by atoms with E-state index in [-0.39, 0.29) is 11.4 Å². The lowest BCUT2D eigenvalue weighted by atomic mass is 10.2. The molecule has 0 spiro atoms. The van der Waals surface area contributed by atoms with Crippen LogP contribution in [0.25, 0.3) is 11.1 Å². The van der Waals surface area contributed by atoms with Crippen LogP contribution in [0.1, 0.15) is 16.1 Å². The Morgan fingerprint density at radius 3 is 3.08 bits per heavy atom. The minimum Gasteiger partial charge on any atom is -0.476 e. The number of hydrogen-bond donors (Lipinski definition) is 1. The van der Waals surface area contributed by atoms with Crippen molar-refractivity contribution < 1.29 is 14.4 Å². The summed E-state index contributed by atoms with van der Waals surface area (Å²) in [7, 11) is 0. The SMILES string of the molecule is Cc1cnc2onc(C(=O)O)c2c1. The highest BCUT2D eigenvalue weighted by molar-refractivity contribution is 5.99. The minimum absolute atomic E-state index is 0.0915. The third-order valence-electron chi connectivity index (χ3n) is 1.67. The number of pyridine rings is 1. The fraction of sp³-hybridized carbons (Fsp3) is 0.125. The van der Waals surface area contributed by atoms with Crippen LogP contribution in [0.4, 0.5) is 0 Å². The minimum atomic E-state index is -1.11. The van der Waals surface area contributed by atoms with E-state index in [0.29, 0.717) is 5.39 Å². The molecule has 0 amide bonds. The van der Waals surface area contributed by atoms with Gasteiger partial charge in [0.1, 0.15) is 0 Å². The molecule has 1 N–H and O–H groups in total. The lowest BCUT2D eigenvalue weighted by Crippen LogP contribution is -1.96. The molecule has 0 fully saturated rings. The zero-order chi connectivity index (χ0) is 9.42. The van der Waals surface area contributed by atoms with E-state index in [1.165, 1.54) is 0 Å². The van der Waals surface area contributed by atoms with E-state index >= 15 is 0 Å². The fourth-order valence-electron chi connectivity index (χ4n) is 1.09. The van der Waals surface area contributed by atoms with Crippen LogP contribution < -0.4 is 0 Å². The third kappa shape index (κ3) is 1.14. The lowest BCUT2D eigenvalue weighted by Gasteiger charge is -1.89. The molecule has 5 heteroatoms. The van der Waals surface area contributed by atoms with Crippen molar-refractivity contribution in [3.05, 3.63) is 23.5 Å². The Morgan fingerprint density at radius 2 is 2.38 bits per heavy atom. The van der Waals surface area contributed by atoms with Gasteiger partial charge in [-0.3, -0.25) is 0 Å². The summed E-state index contributed by atoms with van der Waals surface area (Å²) in [6, 6.07) is 1.68. The van der Waals surface area contributed by atoms with Gasteiger partial charge in [0.15, 0.2) is 0 Å². The molecule has 5 nitrogen and oxygen atoms in total. The second-order valence-corrected chi connectivity index (χ2v) is 2.70. The van der Waals surface area contributed by atoms with Crippen LogP contribution in [0.5, 0.6) is 0 Å². The molecule has 66 valence electrons. The van der Waals surface area contributed by atoms with Gasteiger partial charge in [-0.1, -0.05) is 5.16 Å². The van der Waals surface area contributed by atoms with Gasteiger partial charge in [0.25, 0.3) is 5.71 Å². The number of nitrogens with zero attached hydrogens (tertiary/aromatic N) is 2. The van der Waals surface area contributed by atoms with Gasteiger partial charge in [-0.15, -0.1) is 0 Å². The monoisotopic (exact) mass is 178 g/mol. The van der Waals surface area contributed by atoms with E-state index in [1.807, 2.05) is 6.92 Å². The average Bonchev–Trinajstić information content (AvgIpc) is 2.46. The Labute approximate surface area is 73.0 Å². The average molecular weight is 178 g/mol. The van der Waals surface area contributed by atoms with Crippen molar-refractivity contribution in [3.63, 3.8) is 0 Å². The Morgan fingerprint density at radius 1 is 1.62 bits per heavy atom. The van der Waals surface area contributed by atoms with Crippen LogP contribution in [-0.4, -0.2) is 21.2 Å². The predicted molar refractivity (Wildman–Crippen MR) is 43.5 cm³/mol. The maximum Gasteiger partial charge on any atom is 0.358 e. The van der Waals surface area contributed by atoms with Crippen molar-refractivity contribution in [2.24, 2.45) is 0 Å². The van der Waals surface area contributed by atoms with Crippen LogP contribution in [-0.2, 0) is 0 Å². The highest BCUT2D eigenvalue weighted by Crippen LogP contribution is 2.16. The quantitative estimate of drug-likeness (QED) is 0.710. The molecule has 2 rings (SSSR count). The number of carboxylic acid groups (broad SMARTS) is 1. The summed E-state index contributed by atoms with van der Waals surface area (Å²) in [6.45, 7) is 1.82. The molecule has 0 bridgehead atoms. The van der Waals surface area contributed by atoms with Crippen molar-refractivity contribution >= 4 is 17.1 Å². The Kier molecular flexibility index (Phi) is 1.51. The standard InChI is InChI=1S/C8H6N2O3/c1-4-2-5-6(8(11)12)10-13-7(5)9-3-4/h2-3H,1H3,(H,11,12). The molecule has 0 radical (unpaired) electrons. The van der Waals surface area contributed by atoms with Crippen LogP contribution in [0.3, 0.4) is 0 Å². The summed E-state index contributed by atoms with van der Waals surface area (Å²) in [5.74, 6) is -1.11. The smallest absolute Gasteiger partial charge is 0.358 e. The van der Waals surface area contributed by atoms with Crippen molar-refractivity contribution in [2.45, 2.75) is 6.92 Å². The second-order valence-electron chi connectivity index (χ2n) is 2.70. The molecule has 0 atom stereocenters. The highest BCUT2D eigenvalue weighted by atomic mass is 16.5. The van der Waals surface area contributed by atoms with E-state index in [2.05, 4.69) is 10.1 Å². The van der Waals surface area contributed by atoms with Crippen molar-refractivity contribution in [1.29, 1.82) is 0 Å². The first-order valence-corrected chi connectivity index (χ1v) is 3.64. The molecule has 0 saturated carbocycles. The second kappa shape index (κ2) is 2.55. The number of aromatic carboxylic acids is 1. The molecule has 13 heavy (non-hydrogen) atoms. The van der Waals surface area contributed by atoms with Gasteiger partial charge in [0, 0.05) is 6.20 Å². The zero-order valence-electron chi connectivity index (χ0n) is 6.81. The van der Waals surface area contributed by atoms with E-state index in [0.717, 1.165) is 5.56 Å². The highest BCUT2D eigenvalue weighted by Gasteiger charge is 2.15. The molecule has 2 aromatic rings. The molecule has 0 aliphatic heterocycles. The normalized spacial score (nSPS) is 10.5. The van der Waals surface area contributed by atoms with E-state index in [9.17, 15) is 4.79 Å². The van der Waals surface area contributed by atoms with Crippen LogP contribution in [0, 0.1) is 6.92 Å². The molecule has 0 aromatic carbocycles. The Bertz CT molecular complexity index is 475. The molecule has 2 heterocycles. The first kappa shape index (κ1) is 7.72. The number of fused-ring (bicyclic) bond motifs is 1. The number of aromatic nitrogens is 2. The van der Waals surface area contributed by atoms with Crippen molar-refractivity contribution in [1.82, 2.24) is 10.1 Å². The van der Waals surface area contributed by atoms with Gasteiger partial charge in [-0.05, 0) is 18.6 Å². The van der Waals surface area contributed by atoms with Crippen molar-refractivity contribution in [3.8, 4) is 0 Å². The third-order valence-corrected chi connectivity index (χ3v) is 1.67. The predicted octanol–water partition coefficient (Wildman–Crippen LogP) is 1.23. The number of hydrogen-bond acceptors (Lipinski definition) is 4. The van der Waals surface area contributed by atoms with Crippen LogP contribution >= 0.6 is 0 Å². The molecule has 0 unspecified atom stereocenters. The maximum atomic E-state index is 10.6. The Hall–Kier alpha value is -1.91. The van der Waals surface area contributed by atoms with Gasteiger partial charge >= 0.3 is 5.97 Å². The summed E-state index contributed by atoms with van der Waals surface area (Å²) in [6.07, 6.45) is 1.60. The molecule has 2 aromatic heterocycles. The summed E-state index contributed by atoms with van der Waals surface area (Å²) >= 11 is 0. The molecule has 0 saturated heterocycles. The molecule has 0 aliphatic carbocycles. The summed E-state index contributed by atoms with van der Waals surface area (Å²) in [5.41, 5.74) is 1.03. The maximum absolute atomic E-state index is 10.6. The Balaban J connectivity index is 2.79. The van der Waals surface area contributed by atoms with Crippen molar-refractivity contribution in [2.75, 3.05) is 0 Å². The zero-order valence-corrected chi connectivity index (χ0v) is 6.81. The number of carbonyl (C=O) groups is 1. The molecule has 0 aliphatic rings. The van der Waals surface area contributed by atoms with Gasteiger partial charge in [-0.2, -0.15) is 0 Å². The van der Waals surface area contributed by atoms with E-state index in [4.69, 9.17) is 9.63 Å². The summed E-state index contributed by atoms with van der Waals surface area (Å²) in [4.78, 5) is 14.5. The number of rotatable bonds is 1. The first-order chi connectivity index (χ1) is 6.18. The van der Waals surface area contributed by atoms with Crippen LogP contribution in [0.15, 0.2) is 16.8 Å². The fourth-order valence-corrected chi connectivity index (χ4v) is 1.09. The van der Waals surface area contributed by atoms with Gasteiger partial charge in [0.2, 0.25) is 5.69 Å². The van der Waals surface area contributed by atoms with E-state index in [1.54, 1.807) is 12.3 Å². The van der Waals surface area contributed by atoms with Crippen LogP contribution in [0.2, 0.25) is 0 Å². The summed E-state index contributed by atoms with van der Waals surface area (Å²) < 4.78 is 4.72. The van der Waals surface area contributed by atoms with Gasteiger partial charge in [-0.25, -0.2) is 9.78 Å². The molecular formula is C8H6N2O3. The molecular weight excluding hydrogens is 172 g/mol. The van der Waals surface area contributed by atoms with E-state index < -0.39 is 5.97 Å². The number of carboxylic acids is 1. The first-order valence-electron chi connectivity index (χ1n) is 3.64. The van der Waals surface area contributed by atoms with Gasteiger partial charge in [0.05, 0.1) is 5.39 Å².